The van der Waals surface area contributed by atoms with E-state index in [-0.39, 0.29) is 12.1 Å². The zero-order chi connectivity index (χ0) is 14.4. The number of hydrogen-bond acceptors (Lipinski definition) is 3. The molecule has 19 heavy (non-hydrogen) atoms. The molecule has 106 valence electrons. The number of benzene rings is 1. The Morgan fingerprint density at radius 1 is 1.21 bits per heavy atom. The van der Waals surface area contributed by atoms with E-state index in [9.17, 15) is 4.79 Å². The molecular weight excluding hydrogens is 240 g/mol. The lowest BCUT2D eigenvalue weighted by molar-refractivity contribution is -0.146. The van der Waals surface area contributed by atoms with Gasteiger partial charge < -0.3 is 9.47 Å². The van der Waals surface area contributed by atoms with Gasteiger partial charge in [-0.3, -0.25) is 4.79 Å². The van der Waals surface area contributed by atoms with Crippen molar-refractivity contribution in [2.45, 2.75) is 53.1 Å². The Balaban J connectivity index is 2.86. The van der Waals surface area contributed by atoms with E-state index >= 15 is 0 Å². The van der Waals surface area contributed by atoms with Crippen LogP contribution in [0.1, 0.15) is 51.7 Å². The van der Waals surface area contributed by atoms with Crippen molar-refractivity contribution in [3.8, 4) is 5.75 Å². The van der Waals surface area contributed by atoms with E-state index < -0.39 is 0 Å². The van der Waals surface area contributed by atoms with Crippen molar-refractivity contribution in [2.24, 2.45) is 0 Å². The number of esters is 1. The summed E-state index contributed by atoms with van der Waals surface area (Å²) in [4.78, 5) is 11.7. The maximum absolute atomic E-state index is 11.7. The summed E-state index contributed by atoms with van der Waals surface area (Å²) < 4.78 is 10.8. The fourth-order valence-corrected chi connectivity index (χ4v) is 1.92. The average Bonchev–Trinajstić information content (AvgIpc) is 2.30. The first-order valence-electron chi connectivity index (χ1n) is 6.89. The highest BCUT2D eigenvalue weighted by Gasteiger charge is 2.12. The van der Waals surface area contributed by atoms with Gasteiger partial charge in [-0.15, -0.1) is 0 Å². The maximum Gasteiger partial charge on any atom is 0.310 e. The summed E-state index contributed by atoms with van der Waals surface area (Å²) in [6.45, 7) is 10.6. The van der Waals surface area contributed by atoms with Crippen molar-refractivity contribution in [3.63, 3.8) is 0 Å². The Hall–Kier alpha value is -1.51. The molecule has 1 aromatic carbocycles. The topological polar surface area (TPSA) is 35.5 Å². The van der Waals surface area contributed by atoms with E-state index in [1.165, 1.54) is 0 Å². The van der Waals surface area contributed by atoms with Crippen molar-refractivity contribution in [1.29, 1.82) is 0 Å². The second-order valence-electron chi connectivity index (χ2n) is 5.18. The van der Waals surface area contributed by atoms with Gasteiger partial charge in [0.05, 0.1) is 19.1 Å². The highest BCUT2D eigenvalue weighted by atomic mass is 16.5. The van der Waals surface area contributed by atoms with E-state index in [0.717, 1.165) is 16.9 Å². The van der Waals surface area contributed by atoms with Crippen molar-refractivity contribution >= 4 is 5.97 Å². The van der Waals surface area contributed by atoms with Gasteiger partial charge in [-0.2, -0.15) is 0 Å². The Bertz CT molecular complexity index is 422. The summed E-state index contributed by atoms with van der Waals surface area (Å²) in [5, 5.41) is 0. The molecule has 0 bridgehead atoms. The molecule has 0 atom stereocenters. The van der Waals surface area contributed by atoms with Crippen molar-refractivity contribution in [2.75, 3.05) is 6.61 Å². The molecule has 0 radical (unpaired) electrons. The van der Waals surface area contributed by atoms with Gasteiger partial charge in [-0.1, -0.05) is 26.0 Å². The number of ether oxygens (including phenoxy) is 2. The second-order valence-corrected chi connectivity index (χ2v) is 5.18. The third kappa shape index (κ3) is 4.93. The smallest absolute Gasteiger partial charge is 0.310 e. The first-order valence-corrected chi connectivity index (χ1v) is 6.89. The molecule has 0 aromatic heterocycles. The van der Waals surface area contributed by atoms with Crippen LogP contribution in [0.2, 0.25) is 0 Å². The van der Waals surface area contributed by atoms with Crippen molar-refractivity contribution < 1.29 is 14.3 Å². The normalized spacial score (nSPS) is 10.9. The van der Waals surface area contributed by atoms with E-state index in [1.807, 2.05) is 39.0 Å². The summed E-state index contributed by atoms with van der Waals surface area (Å²) >= 11 is 0. The predicted molar refractivity (Wildman–Crippen MR) is 76.6 cm³/mol. The van der Waals surface area contributed by atoms with E-state index in [2.05, 4.69) is 13.8 Å². The van der Waals surface area contributed by atoms with Gasteiger partial charge in [0.15, 0.2) is 0 Å². The SMILES string of the molecule is CCOc1ccc(CC(=O)OC(C)C)cc1C(C)C. The molecule has 0 heterocycles. The molecule has 3 heteroatoms. The molecule has 0 aliphatic heterocycles. The van der Waals surface area contributed by atoms with Crippen LogP contribution in [0.25, 0.3) is 0 Å². The highest BCUT2D eigenvalue weighted by molar-refractivity contribution is 5.73. The average molecular weight is 264 g/mol. The summed E-state index contributed by atoms with van der Waals surface area (Å²) in [5.41, 5.74) is 2.11. The fraction of sp³-hybridized carbons (Fsp3) is 0.562. The van der Waals surface area contributed by atoms with Gasteiger partial charge in [0.1, 0.15) is 5.75 Å². The first-order chi connectivity index (χ1) is 8.93. The third-order valence-electron chi connectivity index (χ3n) is 2.71. The van der Waals surface area contributed by atoms with E-state index in [4.69, 9.17) is 9.47 Å². The predicted octanol–water partition coefficient (Wildman–Crippen LogP) is 3.70. The Morgan fingerprint density at radius 2 is 1.89 bits per heavy atom. The lowest BCUT2D eigenvalue weighted by atomic mass is 9.98. The van der Waals surface area contributed by atoms with E-state index in [1.54, 1.807) is 0 Å². The lowest BCUT2D eigenvalue weighted by Gasteiger charge is -2.15. The number of carbonyl (C=O) groups excluding carboxylic acids is 1. The van der Waals surface area contributed by atoms with Crippen LogP contribution in [0, 0.1) is 0 Å². The fourth-order valence-electron chi connectivity index (χ4n) is 1.92. The molecule has 0 aliphatic carbocycles. The third-order valence-corrected chi connectivity index (χ3v) is 2.71. The Labute approximate surface area is 115 Å². The van der Waals surface area contributed by atoms with Crippen molar-refractivity contribution in [3.05, 3.63) is 29.3 Å². The summed E-state index contributed by atoms with van der Waals surface area (Å²) in [7, 11) is 0. The van der Waals surface area contributed by atoms with Gasteiger partial charge in [-0.25, -0.2) is 0 Å². The maximum atomic E-state index is 11.7. The zero-order valence-electron chi connectivity index (χ0n) is 12.5. The minimum Gasteiger partial charge on any atom is -0.494 e. The van der Waals surface area contributed by atoms with Crippen LogP contribution in [0.15, 0.2) is 18.2 Å². The lowest BCUT2D eigenvalue weighted by Crippen LogP contribution is -2.13. The Kier molecular flexibility index (Phi) is 5.87. The molecule has 0 fully saturated rings. The molecule has 0 spiro atoms. The van der Waals surface area contributed by atoms with Gasteiger partial charge in [0, 0.05) is 0 Å². The monoisotopic (exact) mass is 264 g/mol. The van der Waals surface area contributed by atoms with Crippen LogP contribution in [-0.2, 0) is 16.0 Å². The van der Waals surface area contributed by atoms with Gasteiger partial charge in [-0.05, 0) is 43.9 Å². The summed E-state index contributed by atoms with van der Waals surface area (Å²) in [6, 6.07) is 5.91. The molecule has 0 saturated heterocycles. The number of hydrogen-bond donors (Lipinski definition) is 0. The molecule has 0 aliphatic rings. The standard InChI is InChI=1S/C16H24O3/c1-6-18-15-8-7-13(9-14(15)11(2)3)10-16(17)19-12(4)5/h7-9,11-12H,6,10H2,1-5H3. The zero-order valence-corrected chi connectivity index (χ0v) is 12.5. The minimum absolute atomic E-state index is 0.0697. The van der Waals surface area contributed by atoms with Crippen LogP contribution in [0.3, 0.4) is 0 Å². The molecule has 1 rings (SSSR count). The molecule has 3 nitrogen and oxygen atoms in total. The molecule has 0 saturated carbocycles. The second kappa shape index (κ2) is 7.17. The van der Waals surface area contributed by atoms with Crippen LogP contribution >= 0.6 is 0 Å². The quantitative estimate of drug-likeness (QED) is 0.735. The number of rotatable bonds is 6. The number of carbonyl (C=O) groups is 1. The Morgan fingerprint density at radius 3 is 2.42 bits per heavy atom. The largest absolute Gasteiger partial charge is 0.494 e. The van der Waals surface area contributed by atoms with Crippen LogP contribution in [-0.4, -0.2) is 18.7 Å². The highest BCUT2D eigenvalue weighted by Crippen LogP contribution is 2.27. The van der Waals surface area contributed by atoms with Crippen LogP contribution in [0.4, 0.5) is 0 Å². The molecule has 1 aromatic rings. The van der Waals surface area contributed by atoms with Gasteiger partial charge >= 0.3 is 5.97 Å². The van der Waals surface area contributed by atoms with Gasteiger partial charge in [0.2, 0.25) is 0 Å². The molecule has 0 N–H and O–H groups in total. The molecular formula is C16H24O3. The summed E-state index contributed by atoms with van der Waals surface area (Å²) in [6.07, 6.45) is 0.240. The molecule has 0 unspecified atom stereocenters. The van der Waals surface area contributed by atoms with Crippen molar-refractivity contribution in [1.82, 2.24) is 0 Å². The van der Waals surface area contributed by atoms with Crippen LogP contribution < -0.4 is 4.74 Å². The molecule has 0 amide bonds. The first kappa shape index (κ1) is 15.5. The van der Waals surface area contributed by atoms with Gasteiger partial charge in [0.25, 0.3) is 0 Å². The van der Waals surface area contributed by atoms with Crippen LogP contribution in [0.5, 0.6) is 5.75 Å². The summed E-state index contributed by atoms with van der Waals surface area (Å²) in [5.74, 6) is 1.08. The van der Waals surface area contributed by atoms with E-state index in [0.29, 0.717) is 18.9 Å². The minimum atomic E-state index is -0.186.